The highest BCUT2D eigenvalue weighted by molar-refractivity contribution is 5.49. The number of hydrogen-bond acceptors (Lipinski definition) is 2. The van der Waals surface area contributed by atoms with Crippen LogP contribution in [0, 0.1) is 11.2 Å². The summed E-state index contributed by atoms with van der Waals surface area (Å²) in [6.45, 7) is 10.3. The highest BCUT2D eigenvalue weighted by atomic mass is 19.1. The van der Waals surface area contributed by atoms with E-state index in [0.29, 0.717) is 5.41 Å². The molecule has 1 aromatic rings. The van der Waals surface area contributed by atoms with Crippen LogP contribution in [0.25, 0.3) is 0 Å². The second-order valence-corrected chi connectivity index (χ2v) is 6.29. The Hall–Kier alpha value is -1.09. The van der Waals surface area contributed by atoms with Crippen LogP contribution in [0.5, 0.6) is 0 Å². The van der Waals surface area contributed by atoms with Crippen molar-refractivity contribution in [1.82, 2.24) is 5.32 Å². The lowest BCUT2D eigenvalue weighted by atomic mass is 9.84. The molecule has 0 radical (unpaired) electrons. The van der Waals surface area contributed by atoms with Crippen LogP contribution in [0.1, 0.15) is 39.2 Å². The van der Waals surface area contributed by atoms with Crippen LogP contribution in [0.2, 0.25) is 0 Å². The second-order valence-electron chi connectivity index (χ2n) is 6.29. The van der Waals surface area contributed by atoms with Crippen molar-refractivity contribution < 1.29 is 4.39 Å². The average Bonchev–Trinajstić information content (AvgIpc) is 2.34. The van der Waals surface area contributed by atoms with Crippen molar-refractivity contribution in [3.8, 4) is 0 Å². The van der Waals surface area contributed by atoms with E-state index in [9.17, 15) is 4.39 Å². The molecule has 1 saturated heterocycles. The Balaban J connectivity index is 2.16. The van der Waals surface area contributed by atoms with Crippen LogP contribution in [0.15, 0.2) is 18.2 Å². The zero-order valence-electron chi connectivity index (χ0n) is 12.3. The standard InChI is InChI=1S/C16H25FN2/c1-4-18-11-13-8-14(17)10-15(9-13)19-7-5-6-16(2,3)12-19/h8-10,18H,4-7,11-12H2,1-3H3. The number of benzene rings is 1. The van der Waals surface area contributed by atoms with E-state index in [2.05, 4.69) is 37.1 Å². The van der Waals surface area contributed by atoms with Crippen LogP contribution in [-0.2, 0) is 6.54 Å². The molecule has 2 rings (SSSR count). The van der Waals surface area contributed by atoms with Gasteiger partial charge in [-0.15, -0.1) is 0 Å². The molecule has 0 unspecified atom stereocenters. The molecule has 0 aliphatic carbocycles. The number of nitrogens with one attached hydrogen (secondary N) is 1. The minimum atomic E-state index is -0.131. The Labute approximate surface area is 116 Å². The quantitative estimate of drug-likeness (QED) is 0.894. The third-order valence-electron chi connectivity index (χ3n) is 3.79. The fourth-order valence-corrected chi connectivity index (χ4v) is 2.83. The number of hydrogen-bond donors (Lipinski definition) is 1. The summed E-state index contributed by atoms with van der Waals surface area (Å²) in [5.74, 6) is -0.131. The number of halogens is 1. The Morgan fingerprint density at radius 1 is 1.32 bits per heavy atom. The minimum Gasteiger partial charge on any atom is -0.371 e. The number of anilines is 1. The fraction of sp³-hybridized carbons (Fsp3) is 0.625. The van der Waals surface area contributed by atoms with Gasteiger partial charge in [-0.2, -0.15) is 0 Å². The van der Waals surface area contributed by atoms with Gasteiger partial charge in [0.1, 0.15) is 5.82 Å². The Morgan fingerprint density at radius 3 is 2.79 bits per heavy atom. The van der Waals surface area contributed by atoms with Crippen molar-refractivity contribution in [3.05, 3.63) is 29.6 Å². The molecular weight excluding hydrogens is 239 g/mol. The topological polar surface area (TPSA) is 15.3 Å². The van der Waals surface area contributed by atoms with Gasteiger partial charge in [-0.1, -0.05) is 20.8 Å². The molecule has 0 amide bonds. The molecule has 1 aliphatic heterocycles. The zero-order valence-corrected chi connectivity index (χ0v) is 12.3. The highest BCUT2D eigenvalue weighted by Crippen LogP contribution is 2.32. The van der Waals surface area contributed by atoms with Crippen LogP contribution in [0.3, 0.4) is 0 Å². The average molecular weight is 264 g/mol. The van der Waals surface area contributed by atoms with Gasteiger partial charge in [-0.3, -0.25) is 0 Å². The van der Waals surface area contributed by atoms with Crippen molar-refractivity contribution >= 4 is 5.69 Å². The lowest BCUT2D eigenvalue weighted by Crippen LogP contribution is -2.40. The molecule has 0 spiro atoms. The summed E-state index contributed by atoms with van der Waals surface area (Å²) in [7, 11) is 0. The van der Waals surface area contributed by atoms with Crippen LogP contribution in [0.4, 0.5) is 10.1 Å². The van der Waals surface area contributed by atoms with Gasteiger partial charge >= 0.3 is 0 Å². The van der Waals surface area contributed by atoms with Crippen molar-refractivity contribution in [2.24, 2.45) is 5.41 Å². The zero-order chi connectivity index (χ0) is 13.9. The molecule has 1 N–H and O–H groups in total. The summed E-state index contributed by atoms with van der Waals surface area (Å²) in [5, 5.41) is 3.25. The van der Waals surface area contributed by atoms with Gasteiger partial charge in [-0.05, 0) is 48.6 Å². The molecule has 0 atom stereocenters. The van der Waals surface area contributed by atoms with Gasteiger partial charge in [0.05, 0.1) is 0 Å². The molecule has 1 aromatic carbocycles. The smallest absolute Gasteiger partial charge is 0.125 e. The van der Waals surface area contributed by atoms with Crippen LogP contribution < -0.4 is 10.2 Å². The maximum absolute atomic E-state index is 13.7. The number of nitrogens with zero attached hydrogens (tertiary/aromatic N) is 1. The van der Waals surface area contributed by atoms with Crippen molar-refractivity contribution in [1.29, 1.82) is 0 Å². The van der Waals surface area contributed by atoms with E-state index in [1.165, 1.54) is 12.8 Å². The SMILES string of the molecule is CCNCc1cc(F)cc(N2CCCC(C)(C)C2)c1. The third-order valence-corrected chi connectivity index (χ3v) is 3.79. The molecule has 2 nitrogen and oxygen atoms in total. The summed E-state index contributed by atoms with van der Waals surface area (Å²) < 4.78 is 13.7. The Bertz CT molecular complexity index is 429. The van der Waals surface area contributed by atoms with Crippen LogP contribution >= 0.6 is 0 Å². The monoisotopic (exact) mass is 264 g/mol. The summed E-state index contributed by atoms with van der Waals surface area (Å²) in [4.78, 5) is 2.32. The molecule has 19 heavy (non-hydrogen) atoms. The van der Waals surface area contributed by atoms with E-state index in [0.717, 1.165) is 37.4 Å². The van der Waals surface area contributed by atoms with Crippen LogP contribution in [-0.4, -0.2) is 19.6 Å². The molecule has 1 fully saturated rings. The molecule has 3 heteroatoms. The Kier molecular flexibility index (Phi) is 4.46. The van der Waals surface area contributed by atoms with E-state index < -0.39 is 0 Å². The maximum atomic E-state index is 13.7. The van der Waals surface area contributed by atoms with Crippen molar-refractivity contribution in [3.63, 3.8) is 0 Å². The normalized spacial score (nSPS) is 18.6. The van der Waals surface area contributed by atoms with E-state index in [1.54, 1.807) is 12.1 Å². The summed E-state index contributed by atoms with van der Waals surface area (Å²) >= 11 is 0. The third kappa shape index (κ3) is 3.93. The first-order valence-electron chi connectivity index (χ1n) is 7.25. The Morgan fingerprint density at radius 2 is 2.11 bits per heavy atom. The van der Waals surface area contributed by atoms with Gasteiger partial charge in [-0.25, -0.2) is 4.39 Å². The van der Waals surface area contributed by atoms with Crippen molar-refractivity contribution in [2.75, 3.05) is 24.5 Å². The van der Waals surface area contributed by atoms with E-state index in [-0.39, 0.29) is 5.82 Å². The number of rotatable bonds is 4. The van der Waals surface area contributed by atoms with E-state index in [1.807, 2.05) is 0 Å². The lowest BCUT2D eigenvalue weighted by molar-refractivity contribution is 0.293. The first-order chi connectivity index (χ1) is 9.00. The summed E-state index contributed by atoms with van der Waals surface area (Å²) in [6, 6.07) is 5.41. The predicted octanol–water partition coefficient (Wildman–Crippen LogP) is 3.56. The van der Waals surface area contributed by atoms with E-state index >= 15 is 0 Å². The van der Waals surface area contributed by atoms with E-state index in [4.69, 9.17) is 0 Å². The molecular formula is C16H25FN2. The van der Waals surface area contributed by atoms with Gasteiger partial charge in [0, 0.05) is 25.3 Å². The second kappa shape index (κ2) is 5.91. The number of piperidine rings is 1. The molecule has 1 heterocycles. The molecule has 0 saturated carbocycles. The lowest BCUT2D eigenvalue weighted by Gasteiger charge is -2.39. The maximum Gasteiger partial charge on any atom is 0.125 e. The van der Waals surface area contributed by atoms with Crippen molar-refractivity contribution in [2.45, 2.75) is 40.2 Å². The fourth-order valence-electron chi connectivity index (χ4n) is 2.83. The first-order valence-corrected chi connectivity index (χ1v) is 7.25. The molecule has 0 aromatic heterocycles. The largest absolute Gasteiger partial charge is 0.371 e. The van der Waals surface area contributed by atoms with Gasteiger partial charge < -0.3 is 10.2 Å². The highest BCUT2D eigenvalue weighted by Gasteiger charge is 2.26. The molecule has 0 bridgehead atoms. The summed E-state index contributed by atoms with van der Waals surface area (Å²) in [5.41, 5.74) is 2.38. The molecule has 1 aliphatic rings. The molecule has 106 valence electrons. The minimum absolute atomic E-state index is 0.131. The predicted molar refractivity (Wildman–Crippen MR) is 79.0 cm³/mol. The first kappa shape index (κ1) is 14.3. The van der Waals surface area contributed by atoms with Gasteiger partial charge in [0.25, 0.3) is 0 Å². The van der Waals surface area contributed by atoms with Gasteiger partial charge in [0.2, 0.25) is 0 Å². The van der Waals surface area contributed by atoms with Gasteiger partial charge in [0.15, 0.2) is 0 Å². The summed E-state index contributed by atoms with van der Waals surface area (Å²) in [6.07, 6.45) is 2.44.